The number of nitrogens with one attached hydrogen (secondary N) is 1. The van der Waals surface area contributed by atoms with Crippen LogP contribution < -0.4 is 11.1 Å². The van der Waals surface area contributed by atoms with Gasteiger partial charge in [-0.25, -0.2) is 0 Å². The van der Waals surface area contributed by atoms with Crippen LogP contribution in [-0.4, -0.2) is 42.5 Å². The monoisotopic (exact) mass is 239 g/mol. The van der Waals surface area contributed by atoms with Gasteiger partial charge in [-0.3, -0.25) is 4.79 Å². The smallest absolute Gasteiger partial charge is 0.236 e. The molecule has 98 valence electrons. The van der Waals surface area contributed by atoms with E-state index in [4.69, 9.17) is 5.73 Å². The van der Waals surface area contributed by atoms with Gasteiger partial charge in [-0.1, -0.05) is 0 Å². The average Bonchev–Trinajstić information content (AvgIpc) is 3.13. The van der Waals surface area contributed by atoms with Gasteiger partial charge in [0, 0.05) is 18.6 Å². The number of nitrogens with two attached hydrogens (primary N) is 1. The highest BCUT2D eigenvalue weighted by atomic mass is 16.2. The van der Waals surface area contributed by atoms with Crippen molar-refractivity contribution >= 4 is 5.91 Å². The molecule has 0 spiro atoms. The first-order valence-corrected chi connectivity index (χ1v) is 6.94. The van der Waals surface area contributed by atoms with Crippen molar-refractivity contribution < 1.29 is 4.79 Å². The molecule has 2 rings (SSSR count). The minimum atomic E-state index is 0.0858. The quantitative estimate of drug-likeness (QED) is 0.743. The molecule has 1 saturated heterocycles. The number of hydrogen-bond donors (Lipinski definition) is 2. The van der Waals surface area contributed by atoms with Gasteiger partial charge in [0.15, 0.2) is 0 Å². The summed E-state index contributed by atoms with van der Waals surface area (Å²) in [7, 11) is 0. The zero-order valence-corrected chi connectivity index (χ0v) is 10.8. The molecule has 0 aromatic heterocycles. The Hall–Kier alpha value is -0.610. The van der Waals surface area contributed by atoms with Crippen molar-refractivity contribution in [2.45, 2.75) is 51.1 Å². The Bertz CT molecular complexity index is 263. The van der Waals surface area contributed by atoms with E-state index in [-0.39, 0.29) is 18.0 Å². The molecule has 2 atom stereocenters. The molecule has 2 fully saturated rings. The van der Waals surface area contributed by atoms with Gasteiger partial charge in [-0.15, -0.1) is 0 Å². The van der Waals surface area contributed by atoms with Crippen molar-refractivity contribution in [1.29, 1.82) is 0 Å². The van der Waals surface area contributed by atoms with E-state index in [1.807, 2.05) is 11.8 Å². The summed E-state index contributed by atoms with van der Waals surface area (Å²) in [5.41, 5.74) is 5.97. The van der Waals surface area contributed by atoms with Crippen LogP contribution in [0.25, 0.3) is 0 Å². The SMILES string of the molecule is CC(N)C1CCCCN1C(=O)CNCC1CC1. The first-order chi connectivity index (χ1) is 8.18. The maximum atomic E-state index is 12.1. The molecular formula is C13H25N3O. The summed E-state index contributed by atoms with van der Waals surface area (Å²) in [6, 6.07) is 0.335. The summed E-state index contributed by atoms with van der Waals surface area (Å²) < 4.78 is 0. The highest BCUT2D eigenvalue weighted by Crippen LogP contribution is 2.27. The normalized spacial score (nSPS) is 26.9. The van der Waals surface area contributed by atoms with Gasteiger partial charge >= 0.3 is 0 Å². The number of hydrogen-bond acceptors (Lipinski definition) is 3. The molecule has 1 heterocycles. The molecular weight excluding hydrogens is 214 g/mol. The second-order valence-electron chi connectivity index (χ2n) is 5.58. The predicted molar refractivity (Wildman–Crippen MR) is 68.6 cm³/mol. The van der Waals surface area contributed by atoms with Crippen LogP contribution in [0.3, 0.4) is 0 Å². The Balaban J connectivity index is 1.77. The molecule has 17 heavy (non-hydrogen) atoms. The van der Waals surface area contributed by atoms with E-state index in [1.165, 1.54) is 19.3 Å². The van der Waals surface area contributed by atoms with Crippen LogP contribution in [0.4, 0.5) is 0 Å². The maximum absolute atomic E-state index is 12.1. The molecule has 1 saturated carbocycles. The van der Waals surface area contributed by atoms with Crippen LogP contribution in [0.15, 0.2) is 0 Å². The Kier molecular flexibility index (Phi) is 4.40. The molecule has 3 N–H and O–H groups in total. The first kappa shape index (κ1) is 12.8. The minimum absolute atomic E-state index is 0.0858. The van der Waals surface area contributed by atoms with Crippen LogP contribution >= 0.6 is 0 Å². The van der Waals surface area contributed by atoms with Gasteiger partial charge in [0.05, 0.1) is 6.54 Å². The van der Waals surface area contributed by atoms with E-state index in [9.17, 15) is 4.79 Å². The van der Waals surface area contributed by atoms with Crippen molar-refractivity contribution in [3.63, 3.8) is 0 Å². The van der Waals surface area contributed by atoms with Crippen molar-refractivity contribution in [2.24, 2.45) is 11.7 Å². The van der Waals surface area contributed by atoms with Gasteiger partial charge in [-0.05, 0) is 51.5 Å². The van der Waals surface area contributed by atoms with Crippen LogP contribution in [0.1, 0.15) is 39.0 Å². The molecule has 1 aliphatic carbocycles. The molecule has 1 amide bonds. The zero-order valence-electron chi connectivity index (χ0n) is 10.8. The number of nitrogens with zero attached hydrogens (tertiary/aromatic N) is 1. The largest absolute Gasteiger partial charge is 0.337 e. The van der Waals surface area contributed by atoms with Gasteiger partial charge in [-0.2, -0.15) is 0 Å². The summed E-state index contributed by atoms with van der Waals surface area (Å²) in [6.45, 7) is 4.38. The third-order valence-corrected chi connectivity index (χ3v) is 3.88. The Morgan fingerprint density at radius 1 is 1.41 bits per heavy atom. The van der Waals surface area contributed by atoms with E-state index in [2.05, 4.69) is 5.32 Å². The summed E-state index contributed by atoms with van der Waals surface area (Å²) in [6.07, 6.45) is 6.04. The van der Waals surface area contributed by atoms with Gasteiger partial charge in [0.1, 0.15) is 0 Å². The molecule has 2 aliphatic rings. The molecule has 0 aromatic carbocycles. The highest BCUT2D eigenvalue weighted by molar-refractivity contribution is 5.78. The second kappa shape index (κ2) is 5.83. The topological polar surface area (TPSA) is 58.4 Å². The summed E-state index contributed by atoms with van der Waals surface area (Å²) >= 11 is 0. The van der Waals surface area contributed by atoms with E-state index in [0.29, 0.717) is 6.54 Å². The minimum Gasteiger partial charge on any atom is -0.337 e. The standard InChI is InChI=1S/C13H25N3O/c1-10(14)12-4-2-3-7-16(12)13(17)9-15-8-11-5-6-11/h10-12,15H,2-9,14H2,1H3. The number of piperidine rings is 1. The maximum Gasteiger partial charge on any atom is 0.236 e. The number of rotatable bonds is 5. The zero-order chi connectivity index (χ0) is 12.3. The second-order valence-corrected chi connectivity index (χ2v) is 5.58. The van der Waals surface area contributed by atoms with Crippen molar-refractivity contribution in [2.75, 3.05) is 19.6 Å². The molecule has 4 nitrogen and oxygen atoms in total. The Morgan fingerprint density at radius 3 is 2.82 bits per heavy atom. The number of carbonyl (C=O) groups is 1. The van der Waals surface area contributed by atoms with E-state index in [1.54, 1.807) is 0 Å². The fraction of sp³-hybridized carbons (Fsp3) is 0.923. The molecule has 0 aromatic rings. The van der Waals surface area contributed by atoms with Crippen LogP contribution in [0.2, 0.25) is 0 Å². The molecule has 4 heteroatoms. The van der Waals surface area contributed by atoms with Crippen molar-refractivity contribution in [3.8, 4) is 0 Å². The highest BCUT2D eigenvalue weighted by Gasteiger charge is 2.29. The summed E-state index contributed by atoms with van der Waals surface area (Å²) in [5, 5.41) is 3.27. The van der Waals surface area contributed by atoms with Crippen molar-refractivity contribution in [1.82, 2.24) is 10.2 Å². The van der Waals surface area contributed by atoms with E-state index >= 15 is 0 Å². The summed E-state index contributed by atoms with van der Waals surface area (Å²) in [5.74, 6) is 1.06. The fourth-order valence-corrected chi connectivity index (χ4v) is 2.62. The van der Waals surface area contributed by atoms with Crippen LogP contribution in [0.5, 0.6) is 0 Å². The number of amides is 1. The van der Waals surface area contributed by atoms with Gasteiger partial charge in [0.25, 0.3) is 0 Å². The van der Waals surface area contributed by atoms with E-state index in [0.717, 1.165) is 31.8 Å². The number of likely N-dealkylation sites (tertiary alicyclic amines) is 1. The molecule has 1 aliphatic heterocycles. The molecule has 0 bridgehead atoms. The lowest BCUT2D eigenvalue weighted by Gasteiger charge is -2.38. The lowest BCUT2D eigenvalue weighted by molar-refractivity contribution is -0.134. The third kappa shape index (κ3) is 3.68. The predicted octanol–water partition coefficient (Wildman–Crippen LogP) is 0.714. The fourth-order valence-electron chi connectivity index (χ4n) is 2.62. The van der Waals surface area contributed by atoms with Gasteiger partial charge < -0.3 is 16.0 Å². The lowest BCUT2D eigenvalue weighted by Crippen LogP contribution is -2.53. The lowest BCUT2D eigenvalue weighted by atomic mass is 9.97. The van der Waals surface area contributed by atoms with Crippen LogP contribution in [0, 0.1) is 5.92 Å². The number of carbonyl (C=O) groups excluding carboxylic acids is 1. The third-order valence-electron chi connectivity index (χ3n) is 3.88. The summed E-state index contributed by atoms with van der Waals surface area (Å²) in [4.78, 5) is 14.1. The Labute approximate surface area is 104 Å². The molecule has 2 unspecified atom stereocenters. The average molecular weight is 239 g/mol. The van der Waals surface area contributed by atoms with Crippen LogP contribution in [-0.2, 0) is 4.79 Å². The molecule has 0 radical (unpaired) electrons. The Morgan fingerprint density at radius 2 is 2.18 bits per heavy atom. The first-order valence-electron chi connectivity index (χ1n) is 6.94. The van der Waals surface area contributed by atoms with E-state index < -0.39 is 0 Å². The van der Waals surface area contributed by atoms with Crippen molar-refractivity contribution in [3.05, 3.63) is 0 Å². The van der Waals surface area contributed by atoms with Gasteiger partial charge in [0.2, 0.25) is 5.91 Å².